The molecule has 40 heavy (non-hydrogen) atoms. The molecule has 7 atom stereocenters. The summed E-state index contributed by atoms with van der Waals surface area (Å²) in [5, 5.41) is 0. The summed E-state index contributed by atoms with van der Waals surface area (Å²) < 4.78 is 44.6. The number of carbonyl (C=O) groups is 5. The normalized spacial score (nSPS) is 27.4. The molecule has 2 aliphatic rings. The third kappa shape index (κ3) is 8.43. The number of hydrogen-bond donors (Lipinski definition) is 0. The summed E-state index contributed by atoms with van der Waals surface area (Å²) in [5.41, 5.74) is 0.553. The molecule has 0 unspecified atom stereocenters. The molecule has 0 N–H and O–H groups in total. The zero-order valence-electron chi connectivity index (χ0n) is 22.7. The molecule has 0 amide bonds. The molecule has 0 aromatic heterocycles. The second-order valence-electron chi connectivity index (χ2n) is 9.06. The monoisotopic (exact) mass is 564 g/mol. The Morgan fingerprint density at radius 1 is 0.775 bits per heavy atom. The Balaban J connectivity index is 1.98. The van der Waals surface area contributed by atoms with Crippen LogP contribution in [-0.4, -0.2) is 73.3 Å². The summed E-state index contributed by atoms with van der Waals surface area (Å²) in [4.78, 5) is 59.1. The van der Waals surface area contributed by atoms with E-state index >= 15 is 0 Å². The Morgan fingerprint density at radius 3 is 2.00 bits per heavy atom. The maximum absolute atomic E-state index is 12.1. The summed E-state index contributed by atoms with van der Waals surface area (Å²) in [6.45, 7) is 5.50. The molecular formula is C27H32O13. The van der Waals surface area contributed by atoms with E-state index in [1.807, 2.05) is 0 Å². The van der Waals surface area contributed by atoms with E-state index in [4.69, 9.17) is 37.9 Å². The van der Waals surface area contributed by atoms with Crippen LogP contribution in [0.4, 0.5) is 0 Å². The Labute approximate surface area is 230 Å². The topological polar surface area (TPSA) is 159 Å². The van der Waals surface area contributed by atoms with Crippen molar-refractivity contribution in [2.45, 2.75) is 84.0 Å². The summed E-state index contributed by atoms with van der Waals surface area (Å²) in [5.74, 6) is -3.08. The van der Waals surface area contributed by atoms with E-state index in [0.29, 0.717) is 5.56 Å². The Bertz CT molecular complexity index is 1130. The van der Waals surface area contributed by atoms with Crippen LogP contribution in [0, 0.1) is 0 Å². The van der Waals surface area contributed by atoms with Crippen molar-refractivity contribution in [1.82, 2.24) is 0 Å². The minimum Gasteiger partial charge on any atom is -0.493 e. The highest BCUT2D eigenvalue weighted by molar-refractivity contribution is 5.69. The number of rotatable bonds is 9. The average molecular weight is 565 g/mol. The van der Waals surface area contributed by atoms with Crippen molar-refractivity contribution in [2.75, 3.05) is 6.61 Å². The first-order valence-corrected chi connectivity index (χ1v) is 12.5. The number of para-hydroxylation sites is 1. The highest BCUT2D eigenvalue weighted by Crippen LogP contribution is 2.37. The lowest BCUT2D eigenvalue weighted by Crippen LogP contribution is -2.63. The summed E-state index contributed by atoms with van der Waals surface area (Å²) >= 11 is 0. The van der Waals surface area contributed by atoms with Gasteiger partial charge in [0.25, 0.3) is 0 Å². The molecule has 2 aliphatic heterocycles. The molecule has 1 aromatic rings. The van der Waals surface area contributed by atoms with Crippen LogP contribution in [0.2, 0.25) is 0 Å². The fourth-order valence-corrected chi connectivity index (χ4v) is 4.34. The fraction of sp³-hybridized carbons (Fsp3) is 0.519. The zero-order valence-corrected chi connectivity index (χ0v) is 22.7. The van der Waals surface area contributed by atoms with Gasteiger partial charge in [-0.15, -0.1) is 0 Å². The molecule has 0 radical (unpaired) electrons. The Morgan fingerprint density at radius 2 is 1.38 bits per heavy atom. The van der Waals surface area contributed by atoms with E-state index in [1.165, 1.54) is 20.1 Å². The molecule has 0 saturated carbocycles. The van der Waals surface area contributed by atoms with Crippen LogP contribution >= 0.6 is 0 Å². The number of esters is 5. The predicted molar refractivity (Wildman–Crippen MR) is 132 cm³/mol. The SMILES string of the molecule is CC(=O)OC[C@@H]1O[C@H](Oc2ccccc2[C@H]2C[C@@H](OC(C)=O)C=CO2)[C@@H](OC(C)=O)[C@H](OC(C)=O)[C@H]1OC(C)=O. The van der Waals surface area contributed by atoms with Crippen LogP contribution in [0.5, 0.6) is 5.75 Å². The number of carbonyl (C=O) groups excluding carboxylic acids is 5. The summed E-state index contributed by atoms with van der Waals surface area (Å²) in [6.07, 6.45) is -4.45. The van der Waals surface area contributed by atoms with Crippen LogP contribution in [0.25, 0.3) is 0 Å². The van der Waals surface area contributed by atoms with Crippen molar-refractivity contribution in [2.24, 2.45) is 0 Å². The van der Waals surface area contributed by atoms with Gasteiger partial charge in [0.2, 0.25) is 12.4 Å². The van der Waals surface area contributed by atoms with Gasteiger partial charge in [-0.3, -0.25) is 24.0 Å². The predicted octanol–water partition coefficient (Wildman–Crippen LogP) is 2.06. The van der Waals surface area contributed by atoms with Crippen molar-refractivity contribution in [3.8, 4) is 5.75 Å². The van der Waals surface area contributed by atoms with Crippen molar-refractivity contribution in [3.63, 3.8) is 0 Å². The number of ether oxygens (including phenoxy) is 8. The Kier molecular flexibility index (Phi) is 10.5. The molecule has 13 heteroatoms. The van der Waals surface area contributed by atoms with Crippen molar-refractivity contribution in [3.05, 3.63) is 42.2 Å². The van der Waals surface area contributed by atoms with Crippen LogP contribution in [0.15, 0.2) is 36.6 Å². The maximum atomic E-state index is 12.1. The lowest BCUT2D eigenvalue weighted by Gasteiger charge is -2.44. The zero-order chi connectivity index (χ0) is 29.4. The third-order valence-electron chi connectivity index (χ3n) is 5.76. The highest BCUT2D eigenvalue weighted by Gasteiger charge is 2.53. The van der Waals surface area contributed by atoms with Gasteiger partial charge in [0.15, 0.2) is 12.2 Å². The third-order valence-corrected chi connectivity index (χ3v) is 5.76. The molecule has 3 rings (SSSR count). The molecule has 218 valence electrons. The highest BCUT2D eigenvalue weighted by atomic mass is 16.7. The maximum Gasteiger partial charge on any atom is 0.303 e. The summed E-state index contributed by atoms with van der Waals surface area (Å²) in [7, 11) is 0. The van der Waals surface area contributed by atoms with Crippen LogP contribution < -0.4 is 4.74 Å². The average Bonchev–Trinajstić information content (AvgIpc) is 2.85. The minimum atomic E-state index is -1.41. The van der Waals surface area contributed by atoms with Gasteiger partial charge in [-0.2, -0.15) is 0 Å². The molecule has 13 nitrogen and oxygen atoms in total. The lowest BCUT2D eigenvalue weighted by atomic mass is 9.97. The van der Waals surface area contributed by atoms with Crippen molar-refractivity contribution in [1.29, 1.82) is 0 Å². The molecular weight excluding hydrogens is 532 g/mol. The van der Waals surface area contributed by atoms with Crippen LogP contribution in [0.3, 0.4) is 0 Å². The molecule has 0 spiro atoms. The van der Waals surface area contributed by atoms with Gasteiger partial charge in [0.1, 0.15) is 30.7 Å². The van der Waals surface area contributed by atoms with Gasteiger partial charge in [0, 0.05) is 46.6 Å². The van der Waals surface area contributed by atoms with Gasteiger partial charge in [-0.05, 0) is 12.1 Å². The first-order chi connectivity index (χ1) is 18.9. The quantitative estimate of drug-likeness (QED) is 0.317. The van der Waals surface area contributed by atoms with E-state index in [-0.39, 0.29) is 18.8 Å². The second kappa shape index (κ2) is 13.8. The van der Waals surface area contributed by atoms with Gasteiger partial charge < -0.3 is 37.9 Å². The smallest absolute Gasteiger partial charge is 0.303 e. The number of benzene rings is 1. The van der Waals surface area contributed by atoms with Gasteiger partial charge in [-0.1, -0.05) is 18.2 Å². The molecule has 0 aliphatic carbocycles. The lowest BCUT2D eigenvalue weighted by molar-refractivity contribution is -0.288. The molecule has 1 fully saturated rings. The molecule has 1 saturated heterocycles. The van der Waals surface area contributed by atoms with E-state index < -0.39 is 72.8 Å². The first kappa shape index (κ1) is 30.4. The van der Waals surface area contributed by atoms with Gasteiger partial charge in [0.05, 0.1) is 6.26 Å². The second-order valence-corrected chi connectivity index (χ2v) is 9.06. The van der Waals surface area contributed by atoms with E-state index in [0.717, 1.165) is 20.8 Å². The van der Waals surface area contributed by atoms with Gasteiger partial charge >= 0.3 is 29.8 Å². The van der Waals surface area contributed by atoms with Gasteiger partial charge in [-0.25, -0.2) is 0 Å². The standard InChI is InChI=1S/C27H32O13/c1-14(28)34-13-23-24(36-16(3)30)25(37-17(4)31)26(38-18(5)32)27(40-23)39-21-9-7-6-8-20(21)22-12-19(10-11-33-22)35-15(2)29/h6-11,19,22-27H,12-13H2,1-5H3/t19-,22+,23-,24-,25+,26-,27-/m0/s1. The Hall–Kier alpha value is -4.13. The first-order valence-electron chi connectivity index (χ1n) is 12.5. The summed E-state index contributed by atoms with van der Waals surface area (Å²) in [6, 6.07) is 6.78. The fourth-order valence-electron chi connectivity index (χ4n) is 4.34. The van der Waals surface area contributed by atoms with Crippen LogP contribution in [-0.2, 0) is 57.1 Å². The van der Waals surface area contributed by atoms with Crippen molar-refractivity contribution < 1.29 is 61.9 Å². The van der Waals surface area contributed by atoms with Crippen LogP contribution in [0.1, 0.15) is 52.7 Å². The van der Waals surface area contributed by atoms with E-state index in [1.54, 1.807) is 30.3 Å². The van der Waals surface area contributed by atoms with Crippen molar-refractivity contribution >= 4 is 29.8 Å². The van der Waals surface area contributed by atoms with E-state index in [9.17, 15) is 24.0 Å². The number of hydrogen-bond acceptors (Lipinski definition) is 13. The molecule has 0 bridgehead atoms. The minimum absolute atomic E-state index is 0.255. The molecule has 1 aromatic carbocycles. The largest absolute Gasteiger partial charge is 0.493 e. The van der Waals surface area contributed by atoms with E-state index in [2.05, 4.69) is 0 Å². The molecule has 2 heterocycles.